The van der Waals surface area contributed by atoms with Crippen molar-refractivity contribution >= 4 is 10.9 Å². The maximum absolute atomic E-state index is 4.46. The number of pyridine rings is 2. The van der Waals surface area contributed by atoms with Crippen molar-refractivity contribution in [2.75, 3.05) is 0 Å². The largest absolute Gasteiger partial charge is 0.367 e. The highest BCUT2D eigenvalue weighted by Crippen LogP contribution is 2.28. The molecule has 1 aromatic heterocycles. The highest BCUT2D eigenvalue weighted by molar-refractivity contribution is 5.96. The molecule has 0 radical (unpaired) electrons. The van der Waals surface area contributed by atoms with E-state index in [-0.39, 0.29) is 0 Å². The van der Waals surface area contributed by atoms with E-state index < -0.39 is 0 Å². The summed E-state index contributed by atoms with van der Waals surface area (Å²) >= 11 is 0. The van der Waals surface area contributed by atoms with Gasteiger partial charge in [0.25, 0.3) is 0 Å². The third kappa shape index (κ3) is 0.839. The van der Waals surface area contributed by atoms with Crippen LogP contribution in [0, 0.1) is 0 Å². The fraction of sp³-hybridized carbons (Fsp3) is 0. The Morgan fingerprint density at radius 2 is 2.23 bits per heavy atom. The van der Waals surface area contributed by atoms with Gasteiger partial charge >= 0.3 is 0 Å². The van der Waals surface area contributed by atoms with Crippen LogP contribution in [0.5, 0.6) is 0 Å². The Kier molecular flexibility index (Phi) is 1.16. The van der Waals surface area contributed by atoms with Gasteiger partial charge in [-0.1, -0.05) is 0 Å². The molecule has 0 amide bonds. The summed E-state index contributed by atoms with van der Waals surface area (Å²) in [5.41, 5.74) is 3.15. The Hall–Kier alpha value is -1.90. The number of rotatable bonds is 0. The molecule has 2 aliphatic rings. The van der Waals surface area contributed by atoms with Gasteiger partial charge in [-0.2, -0.15) is 0 Å². The van der Waals surface area contributed by atoms with Crippen LogP contribution in [-0.4, -0.2) is 15.0 Å². The van der Waals surface area contributed by atoms with Crippen LogP contribution in [0.25, 0.3) is 22.2 Å². The van der Waals surface area contributed by atoms with Crippen LogP contribution >= 0.6 is 0 Å². The zero-order valence-electron chi connectivity index (χ0n) is 6.86. The Labute approximate surface area is 74.8 Å². The highest BCUT2D eigenvalue weighted by atomic mass is 14.8. The molecule has 3 heterocycles. The Bertz CT molecular complexity index is 527. The number of nitrogens with one attached hydrogen (secondary N) is 1. The number of hydrogen-bond donors (Lipinski definition) is 1. The van der Waals surface area contributed by atoms with Crippen molar-refractivity contribution in [3.63, 3.8) is 0 Å². The number of hydrogen-bond acceptors (Lipinski definition) is 2. The molecule has 1 N–H and O–H groups in total. The van der Waals surface area contributed by atoms with E-state index in [2.05, 4.69) is 15.0 Å². The number of fused-ring (bicyclic) bond motifs is 3. The van der Waals surface area contributed by atoms with Crippen molar-refractivity contribution in [2.45, 2.75) is 0 Å². The van der Waals surface area contributed by atoms with Crippen LogP contribution in [0.3, 0.4) is 0 Å². The Morgan fingerprint density at radius 3 is 3.23 bits per heavy atom. The van der Waals surface area contributed by atoms with E-state index in [9.17, 15) is 0 Å². The van der Waals surface area contributed by atoms with Gasteiger partial charge in [0.2, 0.25) is 0 Å². The third-order valence-corrected chi connectivity index (χ3v) is 2.17. The first-order chi connectivity index (χ1) is 6.45. The Morgan fingerprint density at radius 1 is 1.23 bits per heavy atom. The summed E-state index contributed by atoms with van der Waals surface area (Å²) in [5, 5.41) is 1.11. The van der Waals surface area contributed by atoms with Gasteiger partial charge in [-0.3, -0.25) is 4.98 Å². The van der Waals surface area contributed by atoms with E-state index in [4.69, 9.17) is 0 Å². The summed E-state index contributed by atoms with van der Waals surface area (Å²) in [6.45, 7) is 0. The summed E-state index contributed by atoms with van der Waals surface area (Å²) in [6.07, 6.45) is 7.43. The average molecular weight is 169 g/mol. The number of H-pyrrole nitrogens is 1. The van der Waals surface area contributed by atoms with Crippen molar-refractivity contribution < 1.29 is 0 Å². The van der Waals surface area contributed by atoms with Gasteiger partial charge in [0.15, 0.2) is 0 Å². The van der Waals surface area contributed by atoms with Gasteiger partial charge in [-0.05, 0) is 12.1 Å². The molecule has 0 saturated carbocycles. The minimum atomic E-state index is 1.00. The van der Waals surface area contributed by atoms with Crippen LogP contribution < -0.4 is 0 Å². The number of aromatic amines is 1. The van der Waals surface area contributed by atoms with Crippen molar-refractivity contribution in [2.24, 2.45) is 0 Å². The Balaban J connectivity index is 2.56. The van der Waals surface area contributed by atoms with Crippen molar-refractivity contribution in [1.29, 1.82) is 0 Å². The van der Waals surface area contributed by atoms with Gasteiger partial charge in [0.1, 0.15) is 0 Å². The minimum absolute atomic E-state index is 1.00. The van der Waals surface area contributed by atoms with Crippen molar-refractivity contribution in [3.8, 4) is 11.3 Å². The predicted molar refractivity (Wildman–Crippen MR) is 50.5 cm³/mol. The van der Waals surface area contributed by atoms with E-state index in [1.54, 1.807) is 6.20 Å². The van der Waals surface area contributed by atoms with Crippen LogP contribution in [0.1, 0.15) is 0 Å². The molecule has 13 heavy (non-hydrogen) atoms. The van der Waals surface area contributed by atoms with Crippen molar-refractivity contribution in [1.82, 2.24) is 15.0 Å². The molecule has 0 atom stereocenters. The quantitative estimate of drug-likeness (QED) is 0.559. The molecule has 0 spiro atoms. The second-order valence-electron chi connectivity index (χ2n) is 2.95. The van der Waals surface area contributed by atoms with Gasteiger partial charge in [0, 0.05) is 35.7 Å². The monoisotopic (exact) mass is 169 g/mol. The summed E-state index contributed by atoms with van der Waals surface area (Å²) in [7, 11) is 0. The maximum Gasteiger partial charge on any atom is 0.0747 e. The van der Waals surface area contributed by atoms with E-state index in [1.807, 2.05) is 30.7 Å². The molecule has 0 saturated heterocycles. The molecule has 0 unspecified atom stereocenters. The molecule has 0 fully saturated rings. The topological polar surface area (TPSA) is 41.6 Å². The molecule has 0 bridgehead atoms. The molecular weight excluding hydrogens is 162 g/mol. The van der Waals surface area contributed by atoms with Crippen LogP contribution in [-0.2, 0) is 0 Å². The number of nitrogens with zero attached hydrogens (tertiary/aromatic N) is 2. The average Bonchev–Trinajstić information content (AvgIpc) is 2.56. The molecule has 1 aromatic rings. The van der Waals surface area contributed by atoms with E-state index >= 15 is 0 Å². The third-order valence-electron chi connectivity index (χ3n) is 2.17. The summed E-state index contributed by atoms with van der Waals surface area (Å²) in [5.74, 6) is 0. The molecule has 3 rings (SSSR count). The van der Waals surface area contributed by atoms with E-state index in [0.29, 0.717) is 0 Å². The minimum Gasteiger partial charge on any atom is -0.367 e. The standard InChI is InChI=1S/C10H7N3/c1-3-11-5-7-8-6-12-4-2-10(8)13-9(1)7/h1-6,11H. The van der Waals surface area contributed by atoms with Gasteiger partial charge < -0.3 is 4.98 Å². The van der Waals surface area contributed by atoms with Crippen molar-refractivity contribution in [3.05, 3.63) is 36.9 Å². The maximum atomic E-state index is 4.46. The summed E-state index contributed by atoms with van der Waals surface area (Å²) in [4.78, 5) is 11.6. The molecule has 0 aliphatic carbocycles. The SMILES string of the molecule is c1cc2nc3cc[nH]cc-3c2cn1. The lowest BCUT2D eigenvalue weighted by molar-refractivity contribution is 1.31. The fourth-order valence-corrected chi connectivity index (χ4v) is 1.56. The first-order valence-electron chi connectivity index (χ1n) is 4.11. The van der Waals surface area contributed by atoms with Crippen LogP contribution in [0.15, 0.2) is 36.9 Å². The lowest BCUT2D eigenvalue weighted by Gasteiger charge is -1.93. The van der Waals surface area contributed by atoms with Crippen LogP contribution in [0.4, 0.5) is 0 Å². The molecule has 2 aliphatic heterocycles. The second-order valence-corrected chi connectivity index (χ2v) is 2.95. The lowest BCUT2D eigenvalue weighted by atomic mass is 10.2. The number of aromatic nitrogens is 3. The molecule has 3 heteroatoms. The molecular formula is C10H7N3. The van der Waals surface area contributed by atoms with E-state index in [0.717, 1.165) is 22.2 Å². The van der Waals surface area contributed by atoms with E-state index in [1.165, 1.54) is 0 Å². The van der Waals surface area contributed by atoms with Gasteiger partial charge in [-0.15, -0.1) is 0 Å². The molecule has 62 valence electrons. The lowest BCUT2D eigenvalue weighted by Crippen LogP contribution is -1.77. The first-order valence-corrected chi connectivity index (χ1v) is 4.11. The predicted octanol–water partition coefficient (Wildman–Crippen LogP) is 2.06. The summed E-state index contributed by atoms with van der Waals surface area (Å²) < 4.78 is 0. The molecule has 3 nitrogen and oxygen atoms in total. The van der Waals surface area contributed by atoms with Gasteiger partial charge in [-0.25, -0.2) is 4.98 Å². The zero-order chi connectivity index (χ0) is 8.67. The first kappa shape index (κ1) is 6.60. The normalized spacial score (nSPS) is 11.1. The highest BCUT2D eigenvalue weighted by Gasteiger charge is 2.09. The zero-order valence-corrected chi connectivity index (χ0v) is 6.86. The van der Waals surface area contributed by atoms with Gasteiger partial charge in [0.05, 0.1) is 11.2 Å². The fourth-order valence-electron chi connectivity index (χ4n) is 1.56. The smallest absolute Gasteiger partial charge is 0.0747 e. The molecule has 0 aromatic carbocycles. The van der Waals surface area contributed by atoms with Crippen LogP contribution in [0.2, 0.25) is 0 Å². The second kappa shape index (κ2) is 2.29. The summed E-state index contributed by atoms with van der Waals surface area (Å²) in [6, 6.07) is 3.89.